The molecule has 0 radical (unpaired) electrons. The van der Waals surface area contributed by atoms with Crippen molar-refractivity contribution in [1.82, 2.24) is 4.90 Å². The lowest BCUT2D eigenvalue weighted by Crippen LogP contribution is -2.37. The first-order valence-corrected chi connectivity index (χ1v) is 6.76. The third-order valence-corrected chi connectivity index (χ3v) is 3.79. The monoisotopic (exact) mass is 251 g/mol. The van der Waals surface area contributed by atoms with E-state index in [0.717, 1.165) is 6.42 Å². The van der Waals surface area contributed by atoms with Crippen LogP contribution in [0.5, 0.6) is 5.75 Å². The molecule has 0 saturated carbocycles. The minimum Gasteiger partial charge on any atom is -0.490 e. The second-order valence-corrected chi connectivity index (χ2v) is 5.15. The smallest absolute Gasteiger partial charge is 0.167 e. The fourth-order valence-electron chi connectivity index (χ4n) is 2.55. The van der Waals surface area contributed by atoms with E-state index in [-0.39, 0.29) is 5.82 Å². The number of likely N-dealkylation sites (tertiary alicyclic amines) is 1. The number of piperidine rings is 1. The summed E-state index contributed by atoms with van der Waals surface area (Å²) < 4.78 is 19.3. The minimum atomic E-state index is -0.227. The van der Waals surface area contributed by atoms with Gasteiger partial charge in [0.05, 0.1) is 6.61 Å². The lowest BCUT2D eigenvalue weighted by molar-refractivity contribution is 0.151. The van der Waals surface area contributed by atoms with Crippen LogP contribution in [0.4, 0.5) is 4.39 Å². The van der Waals surface area contributed by atoms with Crippen molar-refractivity contribution >= 4 is 0 Å². The Morgan fingerprint density at radius 3 is 3.00 bits per heavy atom. The van der Waals surface area contributed by atoms with Crippen LogP contribution in [0.1, 0.15) is 31.2 Å². The summed E-state index contributed by atoms with van der Waals surface area (Å²) in [4.78, 5) is 2.39. The van der Waals surface area contributed by atoms with Crippen molar-refractivity contribution < 1.29 is 9.13 Å². The Kier molecular flexibility index (Phi) is 4.59. The number of halogens is 1. The number of nitrogens with zero attached hydrogens (tertiary/aromatic N) is 1. The van der Waals surface area contributed by atoms with Crippen molar-refractivity contribution in [3.63, 3.8) is 0 Å². The number of hydrogen-bond donors (Lipinski definition) is 0. The zero-order chi connectivity index (χ0) is 13.0. The van der Waals surface area contributed by atoms with Gasteiger partial charge in [-0.1, -0.05) is 18.6 Å². The molecule has 0 N–H and O–H groups in total. The molecule has 0 aliphatic carbocycles. The standard InChI is InChI=1S/C15H22FNO/c1-12-6-5-8-14(15(12)16)18-11-9-13-7-3-4-10-17(13)2/h5-6,8,13H,3-4,7,9-11H2,1-2H3. The molecule has 0 amide bonds. The highest BCUT2D eigenvalue weighted by atomic mass is 19.1. The van der Waals surface area contributed by atoms with Crippen LogP contribution >= 0.6 is 0 Å². The van der Waals surface area contributed by atoms with Gasteiger partial charge in [-0.2, -0.15) is 0 Å². The summed E-state index contributed by atoms with van der Waals surface area (Å²) >= 11 is 0. The molecule has 3 heteroatoms. The predicted octanol–water partition coefficient (Wildman–Crippen LogP) is 3.39. The molecule has 1 aromatic carbocycles. The van der Waals surface area contributed by atoms with Gasteiger partial charge in [0.25, 0.3) is 0 Å². The summed E-state index contributed by atoms with van der Waals surface area (Å²) in [6.07, 6.45) is 4.80. The summed E-state index contributed by atoms with van der Waals surface area (Å²) in [6.45, 7) is 3.52. The summed E-state index contributed by atoms with van der Waals surface area (Å²) in [5, 5.41) is 0. The molecule has 0 bridgehead atoms. The highest BCUT2D eigenvalue weighted by Crippen LogP contribution is 2.21. The molecule has 1 aromatic rings. The molecular weight excluding hydrogens is 229 g/mol. The van der Waals surface area contributed by atoms with Crippen LogP contribution < -0.4 is 4.74 Å². The van der Waals surface area contributed by atoms with Crippen LogP contribution in [0.15, 0.2) is 18.2 Å². The largest absolute Gasteiger partial charge is 0.490 e. The normalized spacial score (nSPS) is 20.9. The molecule has 1 fully saturated rings. The number of ether oxygens (including phenoxy) is 1. The van der Waals surface area contributed by atoms with E-state index in [2.05, 4.69) is 11.9 Å². The van der Waals surface area contributed by atoms with Gasteiger partial charge in [0.2, 0.25) is 0 Å². The quantitative estimate of drug-likeness (QED) is 0.813. The van der Waals surface area contributed by atoms with E-state index in [1.54, 1.807) is 19.1 Å². The lowest BCUT2D eigenvalue weighted by atomic mass is 10.0. The Morgan fingerprint density at radius 1 is 1.39 bits per heavy atom. The van der Waals surface area contributed by atoms with Crippen molar-refractivity contribution in [3.8, 4) is 5.75 Å². The zero-order valence-electron chi connectivity index (χ0n) is 11.3. The molecule has 1 unspecified atom stereocenters. The van der Waals surface area contributed by atoms with Gasteiger partial charge in [-0.15, -0.1) is 0 Å². The van der Waals surface area contributed by atoms with E-state index < -0.39 is 0 Å². The average molecular weight is 251 g/mol. The zero-order valence-corrected chi connectivity index (χ0v) is 11.3. The van der Waals surface area contributed by atoms with Gasteiger partial charge in [-0.25, -0.2) is 4.39 Å². The van der Waals surface area contributed by atoms with Gasteiger partial charge in [-0.3, -0.25) is 0 Å². The molecule has 2 rings (SSSR count). The SMILES string of the molecule is Cc1cccc(OCCC2CCCCN2C)c1F. The molecule has 1 atom stereocenters. The highest BCUT2D eigenvalue weighted by molar-refractivity contribution is 5.29. The van der Waals surface area contributed by atoms with Gasteiger partial charge in [0, 0.05) is 6.04 Å². The number of rotatable bonds is 4. The van der Waals surface area contributed by atoms with Crippen molar-refractivity contribution in [2.45, 2.75) is 38.6 Å². The van der Waals surface area contributed by atoms with Crippen molar-refractivity contribution in [2.24, 2.45) is 0 Å². The van der Waals surface area contributed by atoms with Crippen LogP contribution in [0.3, 0.4) is 0 Å². The van der Waals surface area contributed by atoms with Crippen molar-refractivity contribution in [1.29, 1.82) is 0 Å². The third-order valence-electron chi connectivity index (χ3n) is 3.79. The Hall–Kier alpha value is -1.09. The predicted molar refractivity (Wildman–Crippen MR) is 71.5 cm³/mol. The Morgan fingerprint density at radius 2 is 2.22 bits per heavy atom. The Balaban J connectivity index is 1.83. The molecule has 0 aromatic heterocycles. The maximum absolute atomic E-state index is 13.7. The maximum Gasteiger partial charge on any atom is 0.167 e. The third kappa shape index (κ3) is 3.22. The van der Waals surface area contributed by atoms with Crippen LogP contribution in [0.25, 0.3) is 0 Å². The fraction of sp³-hybridized carbons (Fsp3) is 0.600. The number of benzene rings is 1. The van der Waals surface area contributed by atoms with Crippen LogP contribution in [0, 0.1) is 12.7 Å². The van der Waals surface area contributed by atoms with E-state index in [1.165, 1.54) is 25.8 Å². The van der Waals surface area contributed by atoms with Crippen LogP contribution in [-0.4, -0.2) is 31.1 Å². The molecule has 2 nitrogen and oxygen atoms in total. The molecule has 1 heterocycles. The molecule has 1 aliphatic rings. The average Bonchev–Trinajstić information content (AvgIpc) is 2.37. The number of aryl methyl sites for hydroxylation is 1. The summed E-state index contributed by atoms with van der Waals surface area (Å²) in [6, 6.07) is 5.89. The Labute approximate surface area is 109 Å². The van der Waals surface area contributed by atoms with E-state index in [1.807, 2.05) is 6.07 Å². The van der Waals surface area contributed by atoms with E-state index in [0.29, 0.717) is 24.0 Å². The molecule has 1 aliphatic heterocycles. The van der Waals surface area contributed by atoms with Crippen LogP contribution in [0.2, 0.25) is 0 Å². The van der Waals surface area contributed by atoms with E-state index >= 15 is 0 Å². The lowest BCUT2D eigenvalue weighted by Gasteiger charge is -2.32. The molecule has 1 saturated heterocycles. The van der Waals surface area contributed by atoms with Crippen molar-refractivity contribution in [3.05, 3.63) is 29.6 Å². The Bertz CT molecular complexity index is 394. The van der Waals surface area contributed by atoms with Gasteiger partial charge in [0.1, 0.15) is 0 Å². The molecule has 18 heavy (non-hydrogen) atoms. The van der Waals surface area contributed by atoms with Crippen molar-refractivity contribution in [2.75, 3.05) is 20.2 Å². The number of hydrogen-bond acceptors (Lipinski definition) is 2. The molecular formula is C15H22FNO. The first kappa shape index (κ1) is 13.3. The van der Waals surface area contributed by atoms with Gasteiger partial charge < -0.3 is 9.64 Å². The maximum atomic E-state index is 13.7. The van der Waals surface area contributed by atoms with E-state index in [9.17, 15) is 4.39 Å². The highest BCUT2D eigenvalue weighted by Gasteiger charge is 2.18. The minimum absolute atomic E-state index is 0.227. The summed E-state index contributed by atoms with van der Waals surface area (Å²) in [5.74, 6) is 0.156. The van der Waals surface area contributed by atoms with Crippen LogP contribution in [-0.2, 0) is 0 Å². The van der Waals surface area contributed by atoms with Gasteiger partial charge >= 0.3 is 0 Å². The van der Waals surface area contributed by atoms with E-state index in [4.69, 9.17) is 4.74 Å². The second-order valence-electron chi connectivity index (χ2n) is 5.15. The molecule has 100 valence electrons. The molecule has 0 spiro atoms. The second kappa shape index (κ2) is 6.19. The summed E-state index contributed by atoms with van der Waals surface area (Å²) in [7, 11) is 2.16. The topological polar surface area (TPSA) is 12.5 Å². The first-order chi connectivity index (χ1) is 8.68. The summed E-state index contributed by atoms with van der Waals surface area (Å²) in [5.41, 5.74) is 0.641. The fourth-order valence-corrected chi connectivity index (χ4v) is 2.55. The van der Waals surface area contributed by atoms with Gasteiger partial charge in [-0.05, 0) is 51.4 Å². The first-order valence-electron chi connectivity index (χ1n) is 6.76. The van der Waals surface area contributed by atoms with Gasteiger partial charge in [0.15, 0.2) is 11.6 Å².